The molecule has 0 saturated carbocycles. The molecule has 0 saturated heterocycles. The Morgan fingerprint density at radius 3 is 2.54 bits per heavy atom. The second-order valence-corrected chi connectivity index (χ2v) is 6.95. The van der Waals surface area contributed by atoms with Crippen molar-refractivity contribution >= 4 is 40.2 Å². The highest BCUT2D eigenvalue weighted by molar-refractivity contribution is 7.20. The monoisotopic (exact) mass is 394 g/mol. The van der Waals surface area contributed by atoms with Gasteiger partial charge in [-0.3, -0.25) is 4.79 Å². The van der Waals surface area contributed by atoms with Crippen molar-refractivity contribution in [2.24, 2.45) is 0 Å². The maximum absolute atomic E-state index is 13.6. The maximum Gasteiger partial charge on any atom is 0.358 e. The van der Waals surface area contributed by atoms with Crippen molar-refractivity contribution in [1.82, 2.24) is 4.98 Å². The maximum atomic E-state index is 13.6. The van der Waals surface area contributed by atoms with Gasteiger partial charge in [0.25, 0.3) is 5.91 Å². The third-order valence-electron chi connectivity index (χ3n) is 3.31. The molecule has 2 aromatic heterocycles. The van der Waals surface area contributed by atoms with E-state index in [1.807, 2.05) is 17.5 Å². The smallest absolute Gasteiger partial charge is 0.358 e. The number of anilines is 1. The number of hydrogen-bond donors (Lipinski definition) is 1. The van der Waals surface area contributed by atoms with Gasteiger partial charge in [0.2, 0.25) is 0 Å². The molecule has 0 aliphatic rings. The second kappa shape index (κ2) is 7.71. The second-order valence-electron chi connectivity index (χ2n) is 5.15. The zero-order valence-electron chi connectivity index (χ0n) is 13.4. The highest BCUT2D eigenvalue weighted by atomic mass is 32.1. The van der Waals surface area contributed by atoms with Crippen LogP contribution in [0, 0.1) is 11.6 Å². The highest BCUT2D eigenvalue weighted by Crippen LogP contribution is 2.28. The number of halogens is 2. The first-order valence-corrected chi connectivity index (χ1v) is 9.17. The number of rotatable bonds is 5. The largest absolute Gasteiger partial charge is 0.448 e. The summed E-state index contributed by atoms with van der Waals surface area (Å²) in [5.41, 5.74) is -0.524. The van der Waals surface area contributed by atoms with E-state index in [9.17, 15) is 18.4 Å². The predicted octanol–water partition coefficient (Wildman–Crippen LogP) is 4.33. The summed E-state index contributed by atoms with van der Waals surface area (Å²) in [5.74, 6) is -3.48. The van der Waals surface area contributed by atoms with E-state index in [1.165, 1.54) is 41.0 Å². The Hall–Kier alpha value is -2.65. The molecular weight excluding hydrogens is 382 g/mol. The molecular formula is C17H12F2N2O3S2. The standard InChI is InChI=1S/C17H12F2N2O3S2/c1-9(15(22)21-14-10(18)4-2-5-11(14)19)24-17(23)12-8-26-16(20-12)13-6-3-7-25-13/h2-9H,1H3,(H,21,22)/t9-/m0/s1. The van der Waals surface area contributed by atoms with Crippen LogP contribution in [0.25, 0.3) is 9.88 Å². The molecule has 1 atom stereocenters. The molecule has 3 aromatic rings. The van der Waals surface area contributed by atoms with Crippen LogP contribution in [0.3, 0.4) is 0 Å². The van der Waals surface area contributed by atoms with Gasteiger partial charge in [-0.2, -0.15) is 0 Å². The molecule has 2 heterocycles. The summed E-state index contributed by atoms with van der Waals surface area (Å²) in [6.07, 6.45) is -1.26. The zero-order chi connectivity index (χ0) is 18.7. The fraction of sp³-hybridized carbons (Fsp3) is 0.118. The highest BCUT2D eigenvalue weighted by Gasteiger charge is 2.23. The summed E-state index contributed by atoms with van der Waals surface area (Å²) in [4.78, 5) is 29.3. The van der Waals surface area contributed by atoms with Gasteiger partial charge in [0, 0.05) is 5.38 Å². The number of nitrogens with one attached hydrogen (secondary N) is 1. The molecule has 5 nitrogen and oxygen atoms in total. The van der Waals surface area contributed by atoms with E-state index in [-0.39, 0.29) is 5.69 Å². The molecule has 0 aliphatic carbocycles. The summed E-state index contributed by atoms with van der Waals surface area (Å²) in [6.45, 7) is 1.30. The number of hydrogen-bond acceptors (Lipinski definition) is 6. The molecule has 1 N–H and O–H groups in total. The van der Waals surface area contributed by atoms with Gasteiger partial charge in [-0.15, -0.1) is 22.7 Å². The number of amides is 1. The molecule has 3 rings (SSSR count). The number of thiophene rings is 1. The van der Waals surface area contributed by atoms with Gasteiger partial charge < -0.3 is 10.1 Å². The van der Waals surface area contributed by atoms with Crippen LogP contribution in [-0.2, 0) is 9.53 Å². The predicted molar refractivity (Wildman–Crippen MR) is 95.3 cm³/mol. The Kier molecular flexibility index (Phi) is 5.38. The molecule has 1 aromatic carbocycles. The van der Waals surface area contributed by atoms with Crippen LogP contribution in [0.2, 0.25) is 0 Å². The molecule has 26 heavy (non-hydrogen) atoms. The summed E-state index contributed by atoms with van der Waals surface area (Å²) in [6, 6.07) is 6.94. The van der Waals surface area contributed by atoms with E-state index in [1.54, 1.807) is 0 Å². The first-order valence-electron chi connectivity index (χ1n) is 7.41. The van der Waals surface area contributed by atoms with E-state index in [0.29, 0.717) is 5.01 Å². The summed E-state index contributed by atoms with van der Waals surface area (Å²) in [5, 5.41) is 6.16. The molecule has 0 spiro atoms. The molecule has 0 bridgehead atoms. The minimum Gasteiger partial charge on any atom is -0.448 e. The van der Waals surface area contributed by atoms with Gasteiger partial charge >= 0.3 is 5.97 Å². The SMILES string of the molecule is C[C@H](OC(=O)c1csc(-c2cccs2)n1)C(=O)Nc1c(F)cccc1F. The van der Waals surface area contributed by atoms with Crippen LogP contribution in [0.1, 0.15) is 17.4 Å². The number of carbonyl (C=O) groups excluding carboxylic acids is 2. The van der Waals surface area contributed by atoms with Crippen LogP contribution in [0.4, 0.5) is 14.5 Å². The van der Waals surface area contributed by atoms with E-state index in [2.05, 4.69) is 10.3 Å². The number of carbonyl (C=O) groups is 2. The number of benzene rings is 1. The van der Waals surface area contributed by atoms with Gasteiger partial charge in [-0.25, -0.2) is 18.6 Å². The molecule has 0 unspecified atom stereocenters. The number of para-hydroxylation sites is 1. The molecule has 0 radical (unpaired) electrons. The first-order chi connectivity index (χ1) is 12.5. The fourth-order valence-electron chi connectivity index (χ4n) is 2.00. The lowest BCUT2D eigenvalue weighted by Crippen LogP contribution is -2.30. The normalized spacial score (nSPS) is 11.8. The van der Waals surface area contributed by atoms with Crippen LogP contribution in [-0.4, -0.2) is 23.0 Å². The summed E-state index contributed by atoms with van der Waals surface area (Å²) < 4.78 is 32.2. The number of aromatic nitrogens is 1. The first kappa shape index (κ1) is 18.2. The third-order valence-corrected chi connectivity index (χ3v) is 5.19. The Balaban J connectivity index is 1.65. The van der Waals surface area contributed by atoms with E-state index >= 15 is 0 Å². The minimum atomic E-state index is -1.26. The lowest BCUT2D eigenvalue weighted by atomic mass is 10.2. The van der Waals surface area contributed by atoms with Crippen molar-refractivity contribution in [2.45, 2.75) is 13.0 Å². The number of ether oxygens (including phenoxy) is 1. The molecule has 0 aliphatic heterocycles. The topological polar surface area (TPSA) is 68.3 Å². The quantitative estimate of drug-likeness (QED) is 0.654. The van der Waals surface area contributed by atoms with Gasteiger partial charge in [0.15, 0.2) is 11.8 Å². The van der Waals surface area contributed by atoms with Crippen molar-refractivity contribution in [3.63, 3.8) is 0 Å². The Bertz CT molecular complexity index is 921. The van der Waals surface area contributed by atoms with Gasteiger partial charge in [-0.1, -0.05) is 12.1 Å². The van der Waals surface area contributed by atoms with E-state index < -0.39 is 35.3 Å². The van der Waals surface area contributed by atoms with Crippen molar-refractivity contribution < 1.29 is 23.1 Å². The van der Waals surface area contributed by atoms with E-state index in [4.69, 9.17) is 4.74 Å². The van der Waals surface area contributed by atoms with Gasteiger partial charge in [0.05, 0.1) is 4.88 Å². The lowest BCUT2D eigenvalue weighted by molar-refractivity contribution is -0.123. The molecule has 9 heteroatoms. The zero-order valence-corrected chi connectivity index (χ0v) is 15.0. The number of thiazole rings is 1. The molecule has 1 amide bonds. The third kappa shape index (κ3) is 3.94. The van der Waals surface area contributed by atoms with Crippen molar-refractivity contribution in [3.05, 3.63) is 58.4 Å². The summed E-state index contributed by atoms with van der Waals surface area (Å²) in [7, 11) is 0. The van der Waals surface area contributed by atoms with Crippen LogP contribution >= 0.6 is 22.7 Å². The van der Waals surface area contributed by atoms with Crippen LogP contribution in [0.5, 0.6) is 0 Å². The molecule has 0 fully saturated rings. The fourth-order valence-corrected chi connectivity index (χ4v) is 3.60. The van der Waals surface area contributed by atoms with Crippen LogP contribution in [0.15, 0.2) is 41.1 Å². The lowest BCUT2D eigenvalue weighted by Gasteiger charge is -2.13. The van der Waals surface area contributed by atoms with Gasteiger partial charge in [-0.05, 0) is 30.5 Å². The number of esters is 1. The number of nitrogens with zero attached hydrogens (tertiary/aromatic N) is 1. The average molecular weight is 394 g/mol. The van der Waals surface area contributed by atoms with Crippen molar-refractivity contribution in [3.8, 4) is 9.88 Å². The molecule has 134 valence electrons. The Morgan fingerprint density at radius 2 is 1.88 bits per heavy atom. The Labute approximate surface area is 155 Å². The van der Waals surface area contributed by atoms with Crippen molar-refractivity contribution in [1.29, 1.82) is 0 Å². The van der Waals surface area contributed by atoms with E-state index in [0.717, 1.165) is 17.0 Å². The summed E-state index contributed by atoms with van der Waals surface area (Å²) >= 11 is 2.76. The minimum absolute atomic E-state index is 0.0649. The van der Waals surface area contributed by atoms with Crippen LogP contribution < -0.4 is 5.32 Å². The van der Waals surface area contributed by atoms with Gasteiger partial charge in [0.1, 0.15) is 22.3 Å². The Morgan fingerprint density at radius 1 is 1.15 bits per heavy atom. The average Bonchev–Trinajstić information content (AvgIpc) is 3.28. The van der Waals surface area contributed by atoms with Crippen molar-refractivity contribution in [2.75, 3.05) is 5.32 Å².